The molecule has 0 radical (unpaired) electrons. The molecular formula is C19H16FNO. The van der Waals surface area contributed by atoms with Crippen LogP contribution in [0.1, 0.15) is 47.6 Å². The van der Waals surface area contributed by atoms with Crippen molar-refractivity contribution >= 4 is 5.78 Å². The van der Waals surface area contributed by atoms with Gasteiger partial charge in [0.1, 0.15) is 11.5 Å². The maximum absolute atomic E-state index is 13.1. The van der Waals surface area contributed by atoms with Crippen LogP contribution in [0.5, 0.6) is 0 Å². The molecule has 0 aliphatic heterocycles. The maximum Gasteiger partial charge on any atom is 0.170 e. The number of ketones is 1. The fourth-order valence-corrected chi connectivity index (χ4v) is 2.58. The molecule has 0 N–H and O–H groups in total. The molecule has 0 spiro atoms. The van der Waals surface area contributed by atoms with E-state index >= 15 is 0 Å². The molecule has 2 nitrogen and oxygen atoms in total. The summed E-state index contributed by atoms with van der Waals surface area (Å²) in [7, 11) is 0. The smallest absolute Gasteiger partial charge is 0.170 e. The third-order valence-corrected chi connectivity index (χ3v) is 3.98. The molecule has 110 valence electrons. The molecule has 2 aromatic rings. The average Bonchev–Trinajstić information content (AvgIpc) is 2.49. The van der Waals surface area contributed by atoms with Gasteiger partial charge in [0.05, 0.1) is 5.69 Å². The van der Waals surface area contributed by atoms with Crippen molar-refractivity contribution in [3.05, 3.63) is 64.7 Å². The van der Waals surface area contributed by atoms with Gasteiger partial charge in [-0.2, -0.15) is 0 Å². The number of fused-ring (bicyclic) bond motifs is 1. The summed E-state index contributed by atoms with van der Waals surface area (Å²) in [4.78, 5) is 16.8. The van der Waals surface area contributed by atoms with Crippen LogP contribution in [0.25, 0.3) is 0 Å². The lowest BCUT2D eigenvalue weighted by Gasteiger charge is -2.28. The Bertz CT molecular complexity index is 812. The summed E-state index contributed by atoms with van der Waals surface area (Å²) in [5, 5.41) is 0. The number of carbonyl (C=O) groups is 1. The summed E-state index contributed by atoms with van der Waals surface area (Å²) in [6, 6.07) is 9.71. The van der Waals surface area contributed by atoms with E-state index in [0.717, 1.165) is 18.5 Å². The van der Waals surface area contributed by atoms with Gasteiger partial charge in [-0.05, 0) is 49.1 Å². The summed E-state index contributed by atoms with van der Waals surface area (Å²) in [5.41, 5.74) is 2.42. The van der Waals surface area contributed by atoms with Crippen LogP contribution >= 0.6 is 0 Å². The quantitative estimate of drug-likeness (QED) is 0.692. The molecule has 0 atom stereocenters. The normalized spacial score (nSPS) is 15.7. The van der Waals surface area contributed by atoms with Crippen molar-refractivity contribution in [3.63, 3.8) is 0 Å². The van der Waals surface area contributed by atoms with Gasteiger partial charge in [-0.3, -0.25) is 4.79 Å². The number of hydrogen-bond donors (Lipinski definition) is 0. The number of benzene rings is 1. The van der Waals surface area contributed by atoms with Crippen LogP contribution in [0.2, 0.25) is 0 Å². The predicted octanol–water partition coefficient (Wildman–Crippen LogP) is 3.78. The number of aryl methyl sites for hydroxylation is 1. The van der Waals surface area contributed by atoms with Crippen molar-refractivity contribution in [1.29, 1.82) is 0 Å². The summed E-state index contributed by atoms with van der Waals surface area (Å²) in [5.74, 6) is 5.67. The molecule has 0 amide bonds. The van der Waals surface area contributed by atoms with Crippen LogP contribution in [0.3, 0.4) is 0 Å². The molecule has 3 heteroatoms. The van der Waals surface area contributed by atoms with Crippen LogP contribution in [0, 0.1) is 23.1 Å². The second-order valence-corrected chi connectivity index (χ2v) is 6.16. The molecule has 3 rings (SSSR count). The minimum atomic E-state index is -0.316. The molecular weight excluding hydrogens is 277 g/mol. The third-order valence-electron chi connectivity index (χ3n) is 3.98. The molecule has 0 saturated heterocycles. The molecule has 1 heterocycles. The van der Waals surface area contributed by atoms with E-state index < -0.39 is 0 Å². The highest BCUT2D eigenvalue weighted by Crippen LogP contribution is 2.33. The van der Waals surface area contributed by atoms with Gasteiger partial charge in [0, 0.05) is 16.5 Å². The van der Waals surface area contributed by atoms with Crippen LogP contribution < -0.4 is 0 Å². The fraction of sp³-hybridized carbons (Fsp3) is 0.263. The van der Waals surface area contributed by atoms with E-state index in [1.54, 1.807) is 24.3 Å². The predicted molar refractivity (Wildman–Crippen MR) is 83.0 cm³/mol. The molecule has 0 saturated carbocycles. The minimum Gasteiger partial charge on any atom is -0.294 e. The average molecular weight is 293 g/mol. The van der Waals surface area contributed by atoms with Gasteiger partial charge in [0.15, 0.2) is 5.78 Å². The lowest BCUT2D eigenvalue weighted by atomic mass is 9.75. The van der Waals surface area contributed by atoms with Crippen LogP contribution in [0.15, 0.2) is 36.4 Å². The van der Waals surface area contributed by atoms with Crippen molar-refractivity contribution in [3.8, 4) is 11.8 Å². The molecule has 1 aromatic carbocycles. The van der Waals surface area contributed by atoms with E-state index in [4.69, 9.17) is 0 Å². The molecule has 0 bridgehead atoms. The summed E-state index contributed by atoms with van der Waals surface area (Å²) < 4.78 is 13.1. The second-order valence-electron chi connectivity index (χ2n) is 6.16. The van der Waals surface area contributed by atoms with Gasteiger partial charge in [-0.15, -0.1) is 0 Å². The number of halogens is 1. The van der Waals surface area contributed by atoms with Crippen molar-refractivity contribution in [2.45, 2.75) is 26.7 Å². The number of rotatable bonds is 0. The van der Waals surface area contributed by atoms with Crippen molar-refractivity contribution in [2.24, 2.45) is 5.41 Å². The number of hydrogen-bond acceptors (Lipinski definition) is 2. The summed E-state index contributed by atoms with van der Waals surface area (Å²) >= 11 is 0. The first-order chi connectivity index (χ1) is 10.5. The van der Waals surface area contributed by atoms with E-state index in [9.17, 15) is 9.18 Å². The Hall–Kier alpha value is -2.47. The van der Waals surface area contributed by atoms with E-state index in [-0.39, 0.29) is 17.0 Å². The Kier molecular flexibility index (Phi) is 3.54. The molecule has 1 aliphatic rings. The highest BCUT2D eigenvalue weighted by atomic mass is 19.1. The first-order valence-electron chi connectivity index (χ1n) is 7.28. The monoisotopic (exact) mass is 293 g/mol. The summed E-state index contributed by atoms with van der Waals surface area (Å²) in [6.45, 7) is 3.94. The Balaban J connectivity index is 1.91. The van der Waals surface area contributed by atoms with E-state index in [2.05, 4.69) is 16.8 Å². The number of aromatic nitrogens is 1. The van der Waals surface area contributed by atoms with E-state index in [1.165, 1.54) is 12.1 Å². The van der Waals surface area contributed by atoms with Crippen LogP contribution in [-0.2, 0) is 6.42 Å². The molecule has 0 fully saturated rings. The van der Waals surface area contributed by atoms with Gasteiger partial charge in [-0.25, -0.2) is 9.37 Å². The SMILES string of the molecule is CC1(C)CCc2nc(C#Cc3cccc(F)c3)ccc2C1=O. The Morgan fingerprint density at radius 3 is 2.77 bits per heavy atom. The zero-order valence-corrected chi connectivity index (χ0v) is 12.6. The Morgan fingerprint density at radius 2 is 2.00 bits per heavy atom. The standard InChI is InChI=1S/C19H16FNO/c1-19(2)11-10-17-16(18(19)22)9-8-15(21-17)7-6-13-4-3-5-14(20)12-13/h3-5,8-9,12H,10-11H2,1-2H3. The van der Waals surface area contributed by atoms with Crippen LogP contribution in [0.4, 0.5) is 4.39 Å². The van der Waals surface area contributed by atoms with Gasteiger partial charge in [0.2, 0.25) is 0 Å². The van der Waals surface area contributed by atoms with E-state index in [1.807, 2.05) is 13.8 Å². The number of nitrogens with zero attached hydrogens (tertiary/aromatic N) is 1. The maximum atomic E-state index is 13.1. The summed E-state index contributed by atoms with van der Waals surface area (Å²) in [6.07, 6.45) is 1.58. The number of Topliss-reactive ketones (excluding diaryl/α,β-unsaturated/α-hetero) is 1. The van der Waals surface area contributed by atoms with Gasteiger partial charge >= 0.3 is 0 Å². The molecule has 1 aromatic heterocycles. The van der Waals surface area contributed by atoms with E-state index in [0.29, 0.717) is 16.8 Å². The fourth-order valence-electron chi connectivity index (χ4n) is 2.58. The van der Waals surface area contributed by atoms with Crippen LogP contribution in [-0.4, -0.2) is 10.8 Å². The molecule has 1 aliphatic carbocycles. The largest absolute Gasteiger partial charge is 0.294 e. The first-order valence-corrected chi connectivity index (χ1v) is 7.28. The first kappa shape index (κ1) is 14.5. The molecule has 0 unspecified atom stereocenters. The topological polar surface area (TPSA) is 30.0 Å². The van der Waals surface area contributed by atoms with Gasteiger partial charge in [-0.1, -0.05) is 25.8 Å². The molecule has 22 heavy (non-hydrogen) atoms. The zero-order chi connectivity index (χ0) is 15.7. The van der Waals surface area contributed by atoms with Crippen molar-refractivity contribution in [1.82, 2.24) is 4.98 Å². The van der Waals surface area contributed by atoms with Gasteiger partial charge in [0.25, 0.3) is 0 Å². The number of carbonyl (C=O) groups excluding carboxylic acids is 1. The van der Waals surface area contributed by atoms with Crippen molar-refractivity contribution in [2.75, 3.05) is 0 Å². The highest BCUT2D eigenvalue weighted by molar-refractivity contribution is 6.01. The lowest BCUT2D eigenvalue weighted by Crippen LogP contribution is -2.31. The number of pyridine rings is 1. The highest BCUT2D eigenvalue weighted by Gasteiger charge is 2.34. The van der Waals surface area contributed by atoms with Crippen molar-refractivity contribution < 1.29 is 9.18 Å². The second kappa shape index (κ2) is 5.38. The lowest BCUT2D eigenvalue weighted by molar-refractivity contribution is 0.0809. The third kappa shape index (κ3) is 2.78. The Labute approximate surface area is 129 Å². The Morgan fingerprint density at radius 1 is 1.18 bits per heavy atom. The van der Waals surface area contributed by atoms with Gasteiger partial charge < -0.3 is 0 Å². The zero-order valence-electron chi connectivity index (χ0n) is 12.6. The minimum absolute atomic E-state index is 0.144.